The van der Waals surface area contributed by atoms with Gasteiger partial charge >= 0.3 is 5.82 Å². The number of carbonyl (C=O) groups excluding carboxylic acids is 1. The van der Waals surface area contributed by atoms with Crippen molar-refractivity contribution in [3.63, 3.8) is 0 Å². The summed E-state index contributed by atoms with van der Waals surface area (Å²) in [7, 11) is 0. The normalized spacial score (nSPS) is 10.7. The first-order chi connectivity index (χ1) is 12.4. The summed E-state index contributed by atoms with van der Waals surface area (Å²) in [6, 6.07) is 8.06. The molecule has 0 fully saturated rings. The minimum atomic E-state index is -0.629. The summed E-state index contributed by atoms with van der Waals surface area (Å²) in [4.78, 5) is 22.0. The maximum absolute atomic E-state index is 12.0. The van der Waals surface area contributed by atoms with E-state index >= 15 is 0 Å². The molecule has 1 aromatic carbocycles. The first kappa shape index (κ1) is 17.9. The van der Waals surface area contributed by atoms with Crippen LogP contribution in [0.1, 0.15) is 5.56 Å². The van der Waals surface area contributed by atoms with Gasteiger partial charge in [-0.1, -0.05) is 29.3 Å². The number of carbonyl (C=O) groups is 1. The standard InChI is InChI=1S/C15H12Cl2N6O3/c16-11-2-1-3-12(17)10(11)8-21-6-4-13(19-21)18-15(24)9-22-7-5-14(20-22)23(25)26/h1-7H,8-9H2,(H,18,19,24). The van der Waals surface area contributed by atoms with Crippen LogP contribution in [0.5, 0.6) is 0 Å². The monoisotopic (exact) mass is 394 g/mol. The molecule has 134 valence electrons. The highest BCUT2D eigenvalue weighted by molar-refractivity contribution is 6.35. The van der Waals surface area contributed by atoms with Crippen LogP contribution < -0.4 is 5.32 Å². The fourth-order valence-corrected chi connectivity index (χ4v) is 2.74. The quantitative estimate of drug-likeness (QED) is 0.510. The van der Waals surface area contributed by atoms with E-state index in [2.05, 4.69) is 15.5 Å². The molecule has 0 atom stereocenters. The number of anilines is 1. The molecule has 0 unspecified atom stereocenters. The second kappa shape index (κ2) is 7.54. The van der Waals surface area contributed by atoms with Crippen LogP contribution >= 0.6 is 23.2 Å². The van der Waals surface area contributed by atoms with Gasteiger partial charge < -0.3 is 15.4 Å². The molecule has 26 heavy (non-hydrogen) atoms. The number of hydrogen-bond acceptors (Lipinski definition) is 5. The molecule has 0 saturated carbocycles. The molecular formula is C15H12Cl2N6O3. The van der Waals surface area contributed by atoms with Gasteiger partial charge in [0.15, 0.2) is 5.82 Å². The molecule has 0 bridgehead atoms. The number of benzene rings is 1. The topological polar surface area (TPSA) is 108 Å². The van der Waals surface area contributed by atoms with Crippen LogP contribution in [-0.4, -0.2) is 30.4 Å². The molecule has 2 aromatic heterocycles. The zero-order chi connectivity index (χ0) is 18.7. The summed E-state index contributed by atoms with van der Waals surface area (Å²) in [5.74, 6) is -0.400. The molecule has 0 aliphatic rings. The maximum atomic E-state index is 12.0. The molecule has 9 nitrogen and oxygen atoms in total. The summed E-state index contributed by atoms with van der Waals surface area (Å²) >= 11 is 12.3. The second-order valence-electron chi connectivity index (χ2n) is 5.28. The van der Waals surface area contributed by atoms with Crippen molar-refractivity contribution in [3.8, 4) is 0 Å². The van der Waals surface area contributed by atoms with Crippen molar-refractivity contribution in [2.45, 2.75) is 13.1 Å². The van der Waals surface area contributed by atoms with Crippen molar-refractivity contribution >= 4 is 40.7 Å². The van der Waals surface area contributed by atoms with Gasteiger partial charge in [0.1, 0.15) is 6.54 Å². The molecule has 1 amide bonds. The van der Waals surface area contributed by atoms with Crippen molar-refractivity contribution in [3.05, 3.63) is 68.4 Å². The SMILES string of the molecule is O=C(Cn1ccc([N+](=O)[O-])n1)Nc1ccn(Cc2c(Cl)cccc2Cl)n1. The lowest BCUT2D eigenvalue weighted by Crippen LogP contribution is -2.19. The van der Waals surface area contributed by atoms with E-state index < -0.39 is 10.8 Å². The van der Waals surface area contributed by atoms with E-state index in [0.717, 1.165) is 5.56 Å². The van der Waals surface area contributed by atoms with Gasteiger partial charge in [0.2, 0.25) is 5.91 Å². The van der Waals surface area contributed by atoms with Crippen molar-refractivity contribution in [1.29, 1.82) is 0 Å². The number of nitro groups is 1. The van der Waals surface area contributed by atoms with Crippen LogP contribution in [0.25, 0.3) is 0 Å². The summed E-state index contributed by atoms with van der Waals surface area (Å²) in [6.45, 7) is 0.177. The van der Waals surface area contributed by atoms with Crippen molar-refractivity contribution < 1.29 is 9.72 Å². The van der Waals surface area contributed by atoms with Crippen molar-refractivity contribution in [2.75, 3.05) is 5.32 Å². The highest BCUT2D eigenvalue weighted by atomic mass is 35.5. The minimum absolute atomic E-state index is 0.170. The zero-order valence-electron chi connectivity index (χ0n) is 13.2. The average Bonchev–Trinajstić information content (AvgIpc) is 3.21. The van der Waals surface area contributed by atoms with Gasteiger partial charge in [-0.3, -0.25) is 9.48 Å². The molecule has 3 aromatic rings. The Hall–Kier alpha value is -2.91. The molecule has 3 rings (SSSR count). The molecule has 0 aliphatic carbocycles. The van der Waals surface area contributed by atoms with E-state index in [-0.39, 0.29) is 12.4 Å². The van der Waals surface area contributed by atoms with E-state index in [9.17, 15) is 14.9 Å². The zero-order valence-corrected chi connectivity index (χ0v) is 14.7. The van der Waals surface area contributed by atoms with Crippen LogP contribution in [-0.2, 0) is 17.9 Å². The second-order valence-corrected chi connectivity index (χ2v) is 6.09. The highest BCUT2D eigenvalue weighted by Gasteiger charge is 2.14. The third-order valence-corrected chi connectivity index (χ3v) is 4.12. The predicted molar refractivity (Wildman–Crippen MR) is 95.3 cm³/mol. The molecule has 0 radical (unpaired) electrons. The van der Waals surface area contributed by atoms with Gasteiger partial charge in [0, 0.05) is 27.9 Å². The molecular weight excluding hydrogens is 383 g/mol. The number of aromatic nitrogens is 4. The van der Waals surface area contributed by atoms with E-state index in [1.54, 1.807) is 35.1 Å². The Morgan fingerprint density at radius 3 is 2.46 bits per heavy atom. The number of rotatable bonds is 6. The Morgan fingerprint density at radius 2 is 1.81 bits per heavy atom. The summed E-state index contributed by atoms with van der Waals surface area (Å²) in [5, 5.41) is 22.1. The Labute approximate surface area is 157 Å². The summed E-state index contributed by atoms with van der Waals surface area (Å²) < 4.78 is 2.76. The van der Waals surface area contributed by atoms with Gasteiger partial charge in [-0.2, -0.15) is 9.78 Å². The van der Waals surface area contributed by atoms with Gasteiger partial charge in [0.05, 0.1) is 23.9 Å². The molecule has 0 saturated heterocycles. The van der Waals surface area contributed by atoms with E-state index in [4.69, 9.17) is 23.2 Å². The average molecular weight is 395 g/mol. The van der Waals surface area contributed by atoms with Gasteiger partial charge in [-0.25, -0.2) is 0 Å². The lowest BCUT2D eigenvalue weighted by molar-refractivity contribution is -0.389. The number of amides is 1. The largest absolute Gasteiger partial charge is 0.389 e. The maximum Gasteiger partial charge on any atom is 0.389 e. The first-order valence-corrected chi connectivity index (χ1v) is 8.12. The number of hydrogen-bond donors (Lipinski definition) is 1. The van der Waals surface area contributed by atoms with E-state index in [1.807, 2.05) is 0 Å². The summed E-state index contributed by atoms with van der Waals surface area (Å²) in [5.41, 5.74) is 0.723. The third kappa shape index (κ3) is 4.19. The van der Waals surface area contributed by atoms with Gasteiger partial charge in [0.25, 0.3) is 0 Å². The lowest BCUT2D eigenvalue weighted by atomic mass is 10.2. The predicted octanol–water partition coefficient (Wildman–Crippen LogP) is 2.98. The Bertz CT molecular complexity index is 948. The molecule has 0 aliphatic heterocycles. The van der Waals surface area contributed by atoms with E-state index in [1.165, 1.54) is 16.9 Å². The fourth-order valence-electron chi connectivity index (χ4n) is 2.23. The van der Waals surface area contributed by atoms with Crippen LogP contribution in [0, 0.1) is 10.1 Å². The summed E-state index contributed by atoms with van der Waals surface area (Å²) in [6.07, 6.45) is 3.03. The lowest BCUT2D eigenvalue weighted by Gasteiger charge is -2.07. The van der Waals surface area contributed by atoms with Crippen molar-refractivity contribution in [2.24, 2.45) is 0 Å². The highest BCUT2D eigenvalue weighted by Crippen LogP contribution is 2.25. The molecule has 11 heteroatoms. The minimum Gasteiger partial charge on any atom is -0.358 e. The van der Waals surface area contributed by atoms with Crippen LogP contribution in [0.15, 0.2) is 42.7 Å². The first-order valence-electron chi connectivity index (χ1n) is 7.36. The number of nitrogens with zero attached hydrogens (tertiary/aromatic N) is 5. The molecule has 1 N–H and O–H groups in total. The third-order valence-electron chi connectivity index (χ3n) is 3.41. The fraction of sp³-hybridized carbons (Fsp3) is 0.133. The van der Waals surface area contributed by atoms with Crippen LogP contribution in [0.2, 0.25) is 10.0 Å². The molecule has 0 spiro atoms. The van der Waals surface area contributed by atoms with E-state index in [0.29, 0.717) is 22.4 Å². The number of nitrogens with one attached hydrogen (secondary N) is 1. The smallest absolute Gasteiger partial charge is 0.358 e. The Balaban J connectivity index is 1.62. The van der Waals surface area contributed by atoms with Crippen LogP contribution in [0.4, 0.5) is 11.6 Å². The van der Waals surface area contributed by atoms with Crippen LogP contribution in [0.3, 0.4) is 0 Å². The Kier molecular flexibility index (Phi) is 5.19. The van der Waals surface area contributed by atoms with Crippen molar-refractivity contribution in [1.82, 2.24) is 19.6 Å². The van der Waals surface area contributed by atoms with Gasteiger partial charge in [-0.15, -0.1) is 0 Å². The van der Waals surface area contributed by atoms with Gasteiger partial charge in [-0.05, 0) is 17.1 Å². The Morgan fingerprint density at radius 1 is 1.12 bits per heavy atom. The number of halogens is 2. The molecule has 2 heterocycles.